The number of ether oxygens (including phenoxy) is 2. The third-order valence-electron chi connectivity index (χ3n) is 6.99. The van der Waals surface area contributed by atoms with Crippen molar-refractivity contribution >= 4 is 22.8 Å². The molecule has 3 fully saturated rings. The second-order valence-electron chi connectivity index (χ2n) is 9.30. The Kier molecular flexibility index (Phi) is 6.78. The molecule has 0 radical (unpaired) electrons. The van der Waals surface area contributed by atoms with Crippen molar-refractivity contribution in [2.75, 3.05) is 64.4 Å². The highest BCUT2D eigenvalue weighted by molar-refractivity contribution is 5.85. The summed E-state index contributed by atoms with van der Waals surface area (Å²) in [4.78, 5) is 28.2. The van der Waals surface area contributed by atoms with Gasteiger partial charge in [0, 0.05) is 69.5 Å². The zero-order valence-electron chi connectivity index (χ0n) is 19.4. The number of hydrogen-bond donors (Lipinski definition) is 1. The van der Waals surface area contributed by atoms with Gasteiger partial charge in [0.15, 0.2) is 0 Å². The van der Waals surface area contributed by atoms with E-state index in [1.165, 1.54) is 0 Å². The van der Waals surface area contributed by atoms with Crippen LogP contribution in [0.1, 0.15) is 25.7 Å². The molecule has 0 unspecified atom stereocenters. The quantitative estimate of drug-likeness (QED) is 0.758. The minimum absolute atomic E-state index is 0.0759. The molecule has 1 N–H and O–H groups in total. The van der Waals surface area contributed by atoms with E-state index in [9.17, 15) is 4.79 Å². The molecular formula is C24H34N6O3. The van der Waals surface area contributed by atoms with Gasteiger partial charge in [-0.25, -0.2) is 9.78 Å². The van der Waals surface area contributed by atoms with Crippen LogP contribution in [-0.2, 0) is 4.74 Å². The summed E-state index contributed by atoms with van der Waals surface area (Å²) in [6, 6.07) is 4.48. The number of carbonyl (C=O) groups excluding carboxylic acids is 1. The van der Waals surface area contributed by atoms with E-state index >= 15 is 0 Å². The van der Waals surface area contributed by atoms with Gasteiger partial charge in [-0.3, -0.25) is 4.98 Å². The third-order valence-corrected chi connectivity index (χ3v) is 6.99. The SMILES string of the molecule is CN1CCN(C(=O)N[C@H]2CC[C@@H](Oc3cc(N4CCOCC4)cc4nccnc34)CC2)CC1. The Labute approximate surface area is 195 Å². The molecule has 9 nitrogen and oxygen atoms in total. The molecule has 1 aliphatic carbocycles. The highest BCUT2D eigenvalue weighted by Crippen LogP contribution is 2.33. The molecule has 33 heavy (non-hydrogen) atoms. The number of urea groups is 1. The molecule has 0 atom stereocenters. The lowest BCUT2D eigenvalue weighted by molar-refractivity contribution is 0.122. The lowest BCUT2D eigenvalue weighted by Gasteiger charge is -2.35. The number of piperazine rings is 1. The molecule has 2 saturated heterocycles. The molecule has 1 aromatic carbocycles. The second kappa shape index (κ2) is 10.1. The normalized spacial score (nSPS) is 24.6. The Morgan fingerprint density at radius 2 is 1.73 bits per heavy atom. The summed E-state index contributed by atoms with van der Waals surface area (Å²) in [5.41, 5.74) is 2.76. The smallest absolute Gasteiger partial charge is 0.317 e. The van der Waals surface area contributed by atoms with Crippen molar-refractivity contribution in [3.8, 4) is 5.75 Å². The van der Waals surface area contributed by atoms with Gasteiger partial charge in [0.1, 0.15) is 11.3 Å². The molecule has 1 saturated carbocycles. The van der Waals surface area contributed by atoms with Crippen LogP contribution in [0.15, 0.2) is 24.5 Å². The predicted molar refractivity (Wildman–Crippen MR) is 127 cm³/mol. The number of hydrogen-bond acceptors (Lipinski definition) is 7. The highest BCUT2D eigenvalue weighted by atomic mass is 16.5. The fourth-order valence-corrected chi connectivity index (χ4v) is 4.90. The number of benzene rings is 1. The number of carbonyl (C=O) groups is 1. The van der Waals surface area contributed by atoms with Gasteiger partial charge in [-0.2, -0.15) is 0 Å². The van der Waals surface area contributed by atoms with Crippen molar-refractivity contribution in [1.29, 1.82) is 0 Å². The molecule has 2 aromatic rings. The number of nitrogens with one attached hydrogen (secondary N) is 1. The summed E-state index contributed by atoms with van der Waals surface area (Å²) in [5, 5.41) is 3.24. The second-order valence-corrected chi connectivity index (χ2v) is 9.30. The van der Waals surface area contributed by atoms with Crippen molar-refractivity contribution in [2.45, 2.75) is 37.8 Å². The van der Waals surface area contributed by atoms with Crippen LogP contribution in [0.2, 0.25) is 0 Å². The van der Waals surface area contributed by atoms with Crippen molar-refractivity contribution < 1.29 is 14.3 Å². The number of nitrogens with zero attached hydrogens (tertiary/aromatic N) is 5. The highest BCUT2D eigenvalue weighted by Gasteiger charge is 2.27. The van der Waals surface area contributed by atoms with E-state index in [1.807, 2.05) is 4.90 Å². The van der Waals surface area contributed by atoms with Gasteiger partial charge in [-0.1, -0.05) is 0 Å². The summed E-state index contributed by atoms with van der Waals surface area (Å²) >= 11 is 0. The van der Waals surface area contributed by atoms with Gasteiger partial charge in [0.25, 0.3) is 0 Å². The van der Waals surface area contributed by atoms with E-state index in [2.05, 4.69) is 44.3 Å². The molecule has 9 heteroatoms. The van der Waals surface area contributed by atoms with Crippen molar-refractivity contribution in [2.24, 2.45) is 0 Å². The zero-order chi connectivity index (χ0) is 22.6. The average molecular weight is 455 g/mol. The van der Waals surface area contributed by atoms with Crippen molar-refractivity contribution in [3.63, 3.8) is 0 Å². The van der Waals surface area contributed by atoms with Crippen LogP contribution in [0, 0.1) is 0 Å². The summed E-state index contributed by atoms with van der Waals surface area (Å²) in [7, 11) is 2.10. The maximum Gasteiger partial charge on any atom is 0.317 e. The molecule has 178 valence electrons. The standard InChI is InChI=1S/C24H34N6O3/c1-28-8-10-30(11-9-28)24(31)27-18-2-4-20(5-3-18)33-22-17-19(29-12-14-32-15-13-29)16-21-23(22)26-7-6-25-21/h6-7,16-18,20H,2-5,8-15H2,1H3,(H,27,31)/t18-,20+. The van der Waals surface area contributed by atoms with Crippen LogP contribution in [0.4, 0.5) is 10.5 Å². The van der Waals surface area contributed by atoms with Gasteiger partial charge in [-0.05, 0) is 38.8 Å². The maximum absolute atomic E-state index is 12.6. The van der Waals surface area contributed by atoms with Gasteiger partial charge in [0.2, 0.25) is 0 Å². The van der Waals surface area contributed by atoms with Gasteiger partial charge in [-0.15, -0.1) is 0 Å². The molecule has 3 aliphatic rings. The lowest BCUT2D eigenvalue weighted by Crippen LogP contribution is -2.53. The zero-order valence-corrected chi connectivity index (χ0v) is 19.4. The largest absolute Gasteiger partial charge is 0.488 e. The van der Waals surface area contributed by atoms with Crippen LogP contribution in [0.5, 0.6) is 5.75 Å². The van der Waals surface area contributed by atoms with E-state index in [0.717, 1.165) is 101 Å². The van der Waals surface area contributed by atoms with Crippen LogP contribution >= 0.6 is 0 Å². The van der Waals surface area contributed by atoms with Crippen LogP contribution in [0.3, 0.4) is 0 Å². The van der Waals surface area contributed by atoms with E-state index in [1.54, 1.807) is 12.4 Å². The van der Waals surface area contributed by atoms with Gasteiger partial charge in [0.05, 0.1) is 24.8 Å². The predicted octanol–water partition coefficient (Wildman–Crippen LogP) is 2.11. The van der Waals surface area contributed by atoms with Crippen LogP contribution < -0.4 is 15.0 Å². The minimum atomic E-state index is 0.0759. The fraction of sp³-hybridized carbons (Fsp3) is 0.625. The monoisotopic (exact) mass is 454 g/mol. The molecule has 2 aliphatic heterocycles. The number of rotatable bonds is 4. The molecule has 1 aromatic heterocycles. The maximum atomic E-state index is 12.6. The molecule has 0 bridgehead atoms. The summed E-state index contributed by atoms with van der Waals surface area (Å²) < 4.78 is 12.0. The minimum Gasteiger partial charge on any atom is -0.488 e. The lowest BCUT2D eigenvalue weighted by atomic mass is 9.93. The number of anilines is 1. The van der Waals surface area contributed by atoms with E-state index in [4.69, 9.17) is 9.47 Å². The van der Waals surface area contributed by atoms with E-state index in [-0.39, 0.29) is 18.2 Å². The Balaban J connectivity index is 1.20. The van der Waals surface area contributed by atoms with Crippen molar-refractivity contribution in [3.05, 3.63) is 24.5 Å². The van der Waals surface area contributed by atoms with Gasteiger partial charge < -0.3 is 29.5 Å². The first kappa shape index (κ1) is 22.2. The fourth-order valence-electron chi connectivity index (χ4n) is 4.90. The molecular weight excluding hydrogens is 420 g/mol. The topological polar surface area (TPSA) is 83.1 Å². The molecule has 2 amide bonds. The van der Waals surface area contributed by atoms with E-state index < -0.39 is 0 Å². The van der Waals surface area contributed by atoms with E-state index in [0.29, 0.717) is 0 Å². The Bertz CT molecular complexity index is 950. The number of likely N-dealkylation sites (N-methyl/N-ethyl adjacent to an activating group) is 1. The number of aromatic nitrogens is 2. The molecule has 5 rings (SSSR count). The molecule has 0 spiro atoms. The number of fused-ring (bicyclic) bond motifs is 1. The summed E-state index contributed by atoms with van der Waals surface area (Å²) in [5.74, 6) is 0.798. The number of morpholine rings is 1. The average Bonchev–Trinajstić information content (AvgIpc) is 2.86. The van der Waals surface area contributed by atoms with Crippen LogP contribution in [0.25, 0.3) is 11.0 Å². The number of amides is 2. The first-order chi connectivity index (χ1) is 16.2. The first-order valence-electron chi connectivity index (χ1n) is 12.1. The third kappa shape index (κ3) is 5.30. The van der Waals surface area contributed by atoms with Crippen molar-refractivity contribution in [1.82, 2.24) is 25.1 Å². The Morgan fingerprint density at radius 3 is 2.48 bits per heavy atom. The molecule has 3 heterocycles. The first-order valence-corrected chi connectivity index (χ1v) is 12.1. The summed E-state index contributed by atoms with van der Waals surface area (Å²) in [6.07, 6.45) is 7.24. The Hall–Kier alpha value is -2.65. The Morgan fingerprint density at radius 1 is 1.00 bits per heavy atom. The summed E-state index contributed by atoms with van der Waals surface area (Å²) in [6.45, 7) is 6.68. The van der Waals surface area contributed by atoms with Gasteiger partial charge >= 0.3 is 6.03 Å². The van der Waals surface area contributed by atoms with Crippen LogP contribution in [-0.4, -0.2) is 97.5 Å².